The summed E-state index contributed by atoms with van der Waals surface area (Å²) in [6, 6.07) is 4.99. The lowest BCUT2D eigenvalue weighted by atomic mass is 10.1. The molecular formula is C14H14N2O4. The molecule has 6 heteroatoms. The van der Waals surface area contributed by atoms with Gasteiger partial charge in [-0.25, -0.2) is 0 Å². The normalized spacial score (nSPS) is 17.1. The van der Waals surface area contributed by atoms with Gasteiger partial charge in [-0.15, -0.1) is 0 Å². The number of carbonyl (C=O) groups is 3. The fourth-order valence-electron chi connectivity index (χ4n) is 2.20. The Morgan fingerprint density at radius 1 is 1.40 bits per heavy atom. The highest BCUT2D eigenvalue weighted by atomic mass is 16.5. The summed E-state index contributed by atoms with van der Waals surface area (Å²) in [5.41, 5.74) is 0.750. The van der Waals surface area contributed by atoms with Crippen LogP contribution in [-0.2, 0) is 9.59 Å². The van der Waals surface area contributed by atoms with Crippen LogP contribution in [0.3, 0.4) is 0 Å². The van der Waals surface area contributed by atoms with Crippen LogP contribution in [0.5, 0.6) is 5.75 Å². The van der Waals surface area contributed by atoms with Crippen LogP contribution in [0.15, 0.2) is 18.2 Å². The topological polar surface area (TPSA) is 75.7 Å². The minimum Gasteiger partial charge on any atom is -0.497 e. The number of Topliss-reactive ketones (excluding diaryl/α,β-unsaturated/α-hetero) is 1. The first-order chi connectivity index (χ1) is 9.60. The first-order valence-corrected chi connectivity index (χ1v) is 6.43. The monoisotopic (exact) mass is 274 g/mol. The van der Waals surface area contributed by atoms with Gasteiger partial charge in [0.05, 0.1) is 18.4 Å². The molecule has 0 atom stereocenters. The molecule has 6 nitrogen and oxygen atoms in total. The van der Waals surface area contributed by atoms with Crippen molar-refractivity contribution in [3.8, 4) is 5.75 Å². The lowest BCUT2D eigenvalue weighted by molar-refractivity contribution is -0.122. The van der Waals surface area contributed by atoms with Crippen LogP contribution in [-0.4, -0.2) is 37.3 Å². The minimum atomic E-state index is -0.667. The van der Waals surface area contributed by atoms with Crippen molar-refractivity contribution >= 4 is 23.3 Å². The number of ether oxygens (including phenoxy) is 1. The van der Waals surface area contributed by atoms with Gasteiger partial charge in [-0.05, 0) is 25.0 Å². The molecule has 1 N–H and O–H groups in total. The number of nitrogens with zero attached hydrogens (tertiary/aromatic N) is 1. The number of benzene rings is 1. The number of fused-ring (bicyclic) bond motifs is 1. The van der Waals surface area contributed by atoms with Gasteiger partial charge in [-0.1, -0.05) is 0 Å². The van der Waals surface area contributed by atoms with E-state index in [2.05, 4.69) is 5.32 Å². The molecule has 1 aliphatic carbocycles. The lowest BCUT2D eigenvalue weighted by Crippen LogP contribution is -2.40. The Morgan fingerprint density at radius 3 is 2.80 bits per heavy atom. The zero-order valence-corrected chi connectivity index (χ0v) is 11.0. The number of anilines is 1. The lowest BCUT2D eigenvalue weighted by Gasteiger charge is -2.16. The van der Waals surface area contributed by atoms with Gasteiger partial charge in [0.1, 0.15) is 12.3 Å². The molecule has 104 valence electrons. The Kier molecular flexibility index (Phi) is 2.93. The molecule has 1 saturated carbocycles. The predicted octanol–water partition coefficient (Wildman–Crippen LogP) is 0.503. The van der Waals surface area contributed by atoms with Gasteiger partial charge in [0, 0.05) is 12.1 Å². The highest BCUT2D eigenvalue weighted by Crippen LogP contribution is 2.32. The van der Waals surface area contributed by atoms with E-state index >= 15 is 0 Å². The fraction of sp³-hybridized carbons (Fsp3) is 0.357. The second-order valence-electron chi connectivity index (χ2n) is 4.95. The van der Waals surface area contributed by atoms with Crippen LogP contribution >= 0.6 is 0 Å². The van der Waals surface area contributed by atoms with Gasteiger partial charge in [0.2, 0.25) is 5.91 Å². The van der Waals surface area contributed by atoms with E-state index in [1.165, 1.54) is 12.0 Å². The molecule has 1 aromatic carbocycles. The Bertz CT molecular complexity index is 607. The van der Waals surface area contributed by atoms with Gasteiger partial charge in [-0.2, -0.15) is 0 Å². The van der Waals surface area contributed by atoms with Crippen molar-refractivity contribution in [1.29, 1.82) is 0 Å². The van der Waals surface area contributed by atoms with Crippen molar-refractivity contribution < 1.29 is 19.1 Å². The van der Waals surface area contributed by atoms with Crippen LogP contribution in [0, 0.1) is 0 Å². The smallest absolute Gasteiger partial charge is 0.299 e. The van der Waals surface area contributed by atoms with Crippen molar-refractivity contribution in [3.05, 3.63) is 23.8 Å². The fourth-order valence-corrected chi connectivity index (χ4v) is 2.20. The molecule has 0 saturated heterocycles. The van der Waals surface area contributed by atoms with Crippen molar-refractivity contribution in [2.45, 2.75) is 18.9 Å². The Morgan fingerprint density at radius 2 is 2.15 bits per heavy atom. The molecule has 1 aliphatic heterocycles. The molecule has 0 unspecified atom stereocenters. The van der Waals surface area contributed by atoms with E-state index in [0.29, 0.717) is 17.0 Å². The van der Waals surface area contributed by atoms with E-state index < -0.39 is 11.7 Å². The second kappa shape index (κ2) is 4.63. The number of nitrogens with one attached hydrogen (secondary N) is 1. The van der Waals surface area contributed by atoms with Crippen molar-refractivity contribution in [2.24, 2.45) is 0 Å². The molecular weight excluding hydrogens is 260 g/mol. The summed E-state index contributed by atoms with van der Waals surface area (Å²) in [6.45, 7) is -0.138. The SMILES string of the molecule is COc1ccc2c(c1)N(CC(=O)NC1CC1)C(=O)C2=O. The number of methoxy groups -OCH3 is 1. The molecule has 1 aromatic rings. The maximum absolute atomic E-state index is 12.0. The maximum atomic E-state index is 12.0. The molecule has 3 rings (SSSR count). The summed E-state index contributed by atoms with van der Waals surface area (Å²) in [5.74, 6) is -0.954. The zero-order chi connectivity index (χ0) is 14.3. The van der Waals surface area contributed by atoms with Crippen LogP contribution in [0.1, 0.15) is 23.2 Å². The second-order valence-corrected chi connectivity index (χ2v) is 4.95. The highest BCUT2D eigenvalue weighted by Gasteiger charge is 2.37. The molecule has 2 amide bonds. The van der Waals surface area contributed by atoms with Gasteiger partial charge in [-0.3, -0.25) is 19.3 Å². The first-order valence-electron chi connectivity index (χ1n) is 6.43. The van der Waals surface area contributed by atoms with Crippen LogP contribution in [0.4, 0.5) is 5.69 Å². The summed E-state index contributed by atoms with van der Waals surface area (Å²) in [6.07, 6.45) is 1.95. The number of hydrogen-bond acceptors (Lipinski definition) is 4. The summed E-state index contributed by atoms with van der Waals surface area (Å²) in [7, 11) is 1.50. The van der Waals surface area contributed by atoms with Crippen molar-refractivity contribution in [2.75, 3.05) is 18.6 Å². The third-order valence-electron chi connectivity index (χ3n) is 3.42. The van der Waals surface area contributed by atoms with E-state index in [0.717, 1.165) is 12.8 Å². The number of rotatable bonds is 4. The number of carbonyl (C=O) groups excluding carboxylic acids is 3. The average Bonchev–Trinajstić information content (AvgIpc) is 3.22. The van der Waals surface area contributed by atoms with Crippen molar-refractivity contribution in [1.82, 2.24) is 5.32 Å². The molecule has 1 heterocycles. The molecule has 0 spiro atoms. The van der Waals surface area contributed by atoms with E-state index in [1.54, 1.807) is 18.2 Å². The van der Waals surface area contributed by atoms with Gasteiger partial charge in [0.25, 0.3) is 11.7 Å². The quantitative estimate of drug-likeness (QED) is 0.811. The summed E-state index contributed by atoms with van der Waals surface area (Å²) in [5, 5.41) is 2.80. The van der Waals surface area contributed by atoms with Crippen LogP contribution < -0.4 is 15.0 Å². The third-order valence-corrected chi connectivity index (χ3v) is 3.42. The molecule has 0 radical (unpaired) electrons. The van der Waals surface area contributed by atoms with Crippen molar-refractivity contribution in [3.63, 3.8) is 0 Å². The highest BCUT2D eigenvalue weighted by molar-refractivity contribution is 6.52. The largest absolute Gasteiger partial charge is 0.497 e. The third kappa shape index (κ3) is 2.13. The maximum Gasteiger partial charge on any atom is 0.299 e. The summed E-state index contributed by atoms with van der Waals surface area (Å²) < 4.78 is 5.09. The van der Waals surface area contributed by atoms with E-state index in [9.17, 15) is 14.4 Å². The van der Waals surface area contributed by atoms with E-state index in [-0.39, 0.29) is 18.5 Å². The molecule has 1 fully saturated rings. The van der Waals surface area contributed by atoms with Gasteiger partial charge in [0.15, 0.2) is 0 Å². The number of ketones is 1. The number of amides is 2. The molecule has 20 heavy (non-hydrogen) atoms. The first kappa shape index (κ1) is 12.7. The predicted molar refractivity (Wildman–Crippen MR) is 70.8 cm³/mol. The Hall–Kier alpha value is -2.37. The van der Waals surface area contributed by atoms with Crippen LogP contribution in [0.25, 0.3) is 0 Å². The van der Waals surface area contributed by atoms with Gasteiger partial charge < -0.3 is 10.1 Å². The molecule has 0 bridgehead atoms. The zero-order valence-electron chi connectivity index (χ0n) is 11.0. The summed E-state index contributed by atoms with van der Waals surface area (Å²) in [4.78, 5) is 36.8. The Balaban J connectivity index is 1.85. The van der Waals surface area contributed by atoms with Crippen LogP contribution in [0.2, 0.25) is 0 Å². The molecule has 0 aromatic heterocycles. The average molecular weight is 274 g/mol. The summed E-state index contributed by atoms with van der Waals surface area (Å²) >= 11 is 0. The van der Waals surface area contributed by atoms with Gasteiger partial charge >= 0.3 is 0 Å². The minimum absolute atomic E-state index is 0.138. The van der Waals surface area contributed by atoms with E-state index in [1.807, 2.05) is 0 Å². The number of hydrogen-bond donors (Lipinski definition) is 1. The van der Waals surface area contributed by atoms with E-state index in [4.69, 9.17) is 4.74 Å². The molecule has 2 aliphatic rings. The Labute approximate surface area is 115 Å². The standard InChI is InChI=1S/C14H14N2O4/c1-20-9-4-5-10-11(6-9)16(14(19)13(10)18)7-12(17)15-8-2-3-8/h4-6,8H,2-3,7H2,1H3,(H,15,17).